The molecule has 1 aliphatic heterocycles. The maximum Gasteiger partial charge on any atom is 0.239 e. The van der Waals surface area contributed by atoms with E-state index >= 15 is 0 Å². The number of carbonyl (C=O) groups excluding carboxylic acids is 1. The predicted molar refractivity (Wildman–Crippen MR) is 75.3 cm³/mol. The van der Waals surface area contributed by atoms with E-state index in [1.165, 1.54) is 12.8 Å². The number of carbonyl (C=O) groups is 1. The fourth-order valence-electron chi connectivity index (χ4n) is 2.61. The molecule has 0 aromatic carbocycles. The SMILES string of the molecule is CC(C)C[C@@H](N)C(=O)N(C)CC1CCN(C)CC1. The molecule has 0 aliphatic carbocycles. The van der Waals surface area contributed by atoms with Crippen LogP contribution in [0.2, 0.25) is 0 Å². The van der Waals surface area contributed by atoms with Crippen molar-refractivity contribution in [2.24, 2.45) is 17.6 Å². The molecule has 4 heteroatoms. The van der Waals surface area contributed by atoms with Gasteiger partial charge in [-0.25, -0.2) is 0 Å². The maximum absolute atomic E-state index is 12.1. The molecule has 0 saturated carbocycles. The van der Waals surface area contributed by atoms with Gasteiger partial charge in [0.05, 0.1) is 6.04 Å². The van der Waals surface area contributed by atoms with Gasteiger partial charge in [0, 0.05) is 13.6 Å². The third-order valence-electron chi connectivity index (χ3n) is 3.79. The molecular weight excluding hydrogens is 226 g/mol. The molecule has 0 radical (unpaired) electrons. The molecule has 1 amide bonds. The molecule has 1 atom stereocenters. The topological polar surface area (TPSA) is 49.6 Å². The van der Waals surface area contributed by atoms with Crippen molar-refractivity contribution >= 4 is 5.91 Å². The number of hydrogen-bond acceptors (Lipinski definition) is 3. The Morgan fingerprint density at radius 3 is 2.44 bits per heavy atom. The molecule has 106 valence electrons. The van der Waals surface area contributed by atoms with Gasteiger partial charge in [-0.1, -0.05) is 13.8 Å². The second-order valence-electron chi connectivity index (χ2n) is 6.20. The van der Waals surface area contributed by atoms with Gasteiger partial charge >= 0.3 is 0 Å². The van der Waals surface area contributed by atoms with Crippen LogP contribution in [0.15, 0.2) is 0 Å². The summed E-state index contributed by atoms with van der Waals surface area (Å²) in [5.41, 5.74) is 5.95. The van der Waals surface area contributed by atoms with E-state index in [-0.39, 0.29) is 11.9 Å². The maximum atomic E-state index is 12.1. The Hall–Kier alpha value is -0.610. The minimum atomic E-state index is -0.332. The Labute approximate surface area is 111 Å². The Morgan fingerprint density at radius 1 is 1.39 bits per heavy atom. The van der Waals surface area contributed by atoms with Crippen LogP contribution in [0, 0.1) is 11.8 Å². The summed E-state index contributed by atoms with van der Waals surface area (Å²) in [7, 11) is 4.05. The molecule has 1 aliphatic rings. The van der Waals surface area contributed by atoms with Crippen molar-refractivity contribution < 1.29 is 4.79 Å². The van der Waals surface area contributed by atoms with E-state index in [9.17, 15) is 4.79 Å². The first-order valence-electron chi connectivity index (χ1n) is 7.09. The molecule has 18 heavy (non-hydrogen) atoms. The van der Waals surface area contributed by atoms with Gasteiger partial charge in [0.2, 0.25) is 5.91 Å². The lowest BCUT2D eigenvalue weighted by atomic mass is 9.96. The molecule has 2 N–H and O–H groups in total. The summed E-state index contributed by atoms with van der Waals surface area (Å²) in [4.78, 5) is 16.3. The number of piperidine rings is 1. The summed E-state index contributed by atoms with van der Waals surface area (Å²) < 4.78 is 0. The van der Waals surface area contributed by atoms with Crippen molar-refractivity contribution in [1.82, 2.24) is 9.80 Å². The van der Waals surface area contributed by atoms with Crippen LogP contribution in [0.3, 0.4) is 0 Å². The lowest BCUT2D eigenvalue weighted by molar-refractivity contribution is -0.132. The standard InChI is InChI=1S/C14H29N3O/c1-11(2)9-13(15)14(18)17(4)10-12-5-7-16(3)8-6-12/h11-13H,5-10,15H2,1-4H3/t13-/m1/s1. The fourth-order valence-corrected chi connectivity index (χ4v) is 2.61. The largest absolute Gasteiger partial charge is 0.344 e. The first kappa shape index (κ1) is 15.4. The number of likely N-dealkylation sites (N-methyl/N-ethyl adjacent to an activating group) is 1. The van der Waals surface area contributed by atoms with Crippen LogP contribution in [0.25, 0.3) is 0 Å². The third-order valence-corrected chi connectivity index (χ3v) is 3.79. The van der Waals surface area contributed by atoms with E-state index in [1.54, 1.807) is 0 Å². The highest BCUT2D eigenvalue weighted by atomic mass is 16.2. The number of nitrogens with two attached hydrogens (primary N) is 1. The molecule has 1 heterocycles. The Balaban J connectivity index is 2.35. The van der Waals surface area contributed by atoms with Gasteiger partial charge in [-0.05, 0) is 51.2 Å². The molecule has 4 nitrogen and oxygen atoms in total. The minimum absolute atomic E-state index is 0.0997. The molecule has 0 unspecified atom stereocenters. The highest BCUT2D eigenvalue weighted by molar-refractivity contribution is 5.81. The van der Waals surface area contributed by atoms with Crippen molar-refractivity contribution in [3.8, 4) is 0 Å². The molecule has 0 spiro atoms. The van der Waals surface area contributed by atoms with Crippen LogP contribution in [0.4, 0.5) is 0 Å². The van der Waals surface area contributed by atoms with Crippen molar-refractivity contribution in [3.05, 3.63) is 0 Å². The zero-order valence-corrected chi connectivity index (χ0v) is 12.4. The highest BCUT2D eigenvalue weighted by Gasteiger charge is 2.23. The normalized spacial score (nSPS) is 20.1. The lowest BCUT2D eigenvalue weighted by Crippen LogP contribution is -2.45. The van der Waals surface area contributed by atoms with E-state index in [2.05, 4.69) is 25.8 Å². The average molecular weight is 255 g/mol. The van der Waals surface area contributed by atoms with Gasteiger partial charge in [0.25, 0.3) is 0 Å². The van der Waals surface area contributed by atoms with Crippen molar-refractivity contribution in [2.75, 3.05) is 33.7 Å². The summed E-state index contributed by atoms with van der Waals surface area (Å²) in [6.07, 6.45) is 3.15. The molecule has 1 rings (SSSR count). The molecular formula is C14H29N3O. The van der Waals surface area contributed by atoms with E-state index in [0.717, 1.165) is 26.1 Å². The Kier molecular flexibility index (Phi) is 6.09. The van der Waals surface area contributed by atoms with Crippen LogP contribution in [-0.2, 0) is 4.79 Å². The van der Waals surface area contributed by atoms with E-state index in [0.29, 0.717) is 11.8 Å². The highest BCUT2D eigenvalue weighted by Crippen LogP contribution is 2.17. The Bertz CT molecular complexity index is 260. The van der Waals surface area contributed by atoms with Crippen LogP contribution in [0.1, 0.15) is 33.1 Å². The molecule has 0 bridgehead atoms. The van der Waals surface area contributed by atoms with Gasteiger partial charge in [0.15, 0.2) is 0 Å². The van der Waals surface area contributed by atoms with Crippen LogP contribution < -0.4 is 5.73 Å². The number of nitrogens with zero attached hydrogens (tertiary/aromatic N) is 2. The number of likely N-dealkylation sites (tertiary alicyclic amines) is 1. The van der Waals surface area contributed by atoms with Gasteiger partial charge < -0.3 is 15.5 Å². The first-order valence-corrected chi connectivity index (χ1v) is 7.09. The zero-order chi connectivity index (χ0) is 13.7. The number of hydrogen-bond donors (Lipinski definition) is 1. The lowest BCUT2D eigenvalue weighted by Gasteiger charge is -2.32. The summed E-state index contributed by atoms with van der Waals surface area (Å²) in [6, 6.07) is -0.332. The van der Waals surface area contributed by atoms with Crippen molar-refractivity contribution in [3.63, 3.8) is 0 Å². The fraction of sp³-hybridized carbons (Fsp3) is 0.929. The summed E-state index contributed by atoms with van der Waals surface area (Å²) in [6.45, 7) is 7.35. The zero-order valence-electron chi connectivity index (χ0n) is 12.4. The molecule has 1 saturated heterocycles. The van der Waals surface area contributed by atoms with Gasteiger partial charge in [-0.15, -0.1) is 0 Å². The minimum Gasteiger partial charge on any atom is -0.344 e. The quantitative estimate of drug-likeness (QED) is 0.802. The van der Waals surface area contributed by atoms with Gasteiger partial charge in [0.1, 0.15) is 0 Å². The number of rotatable bonds is 5. The second kappa shape index (κ2) is 7.10. The van der Waals surface area contributed by atoms with E-state index < -0.39 is 0 Å². The monoisotopic (exact) mass is 255 g/mol. The first-order chi connectivity index (χ1) is 8.40. The van der Waals surface area contributed by atoms with E-state index in [1.807, 2.05) is 11.9 Å². The van der Waals surface area contributed by atoms with Crippen LogP contribution >= 0.6 is 0 Å². The molecule has 0 aromatic heterocycles. The van der Waals surface area contributed by atoms with Crippen molar-refractivity contribution in [1.29, 1.82) is 0 Å². The molecule has 0 aromatic rings. The third kappa shape index (κ3) is 4.94. The summed E-state index contributed by atoms with van der Waals surface area (Å²) in [5, 5.41) is 0. The van der Waals surface area contributed by atoms with Gasteiger partial charge in [-0.2, -0.15) is 0 Å². The smallest absolute Gasteiger partial charge is 0.239 e. The summed E-state index contributed by atoms with van der Waals surface area (Å²) in [5.74, 6) is 1.21. The van der Waals surface area contributed by atoms with Crippen LogP contribution in [0.5, 0.6) is 0 Å². The average Bonchev–Trinajstić information content (AvgIpc) is 2.30. The molecule has 1 fully saturated rings. The Morgan fingerprint density at radius 2 is 1.94 bits per heavy atom. The summed E-state index contributed by atoms with van der Waals surface area (Å²) >= 11 is 0. The van der Waals surface area contributed by atoms with Gasteiger partial charge in [-0.3, -0.25) is 4.79 Å². The second-order valence-corrected chi connectivity index (χ2v) is 6.20. The van der Waals surface area contributed by atoms with Crippen LogP contribution in [-0.4, -0.2) is 55.5 Å². The number of amides is 1. The van der Waals surface area contributed by atoms with Crippen molar-refractivity contribution in [2.45, 2.75) is 39.2 Å². The predicted octanol–water partition coefficient (Wildman–Crippen LogP) is 1.16. The van der Waals surface area contributed by atoms with E-state index in [4.69, 9.17) is 5.73 Å².